The van der Waals surface area contributed by atoms with Gasteiger partial charge in [0.25, 0.3) is 0 Å². The highest BCUT2D eigenvalue weighted by molar-refractivity contribution is 7.09. The van der Waals surface area contributed by atoms with Crippen molar-refractivity contribution < 1.29 is 0 Å². The fourth-order valence-electron chi connectivity index (χ4n) is 1.83. The van der Waals surface area contributed by atoms with E-state index < -0.39 is 0 Å². The number of nitrogens with two attached hydrogens (primary N) is 1. The second kappa shape index (κ2) is 3.85. The van der Waals surface area contributed by atoms with Crippen LogP contribution in [0, 0.1) is 6.92 Å². The van der Waals surface area contributed by atoms with Crippen LogP contribution in [0.4, 0.5) is 5.69 Å². The molecule has 2 heterocycles. The lowest BCUT2D eigenvalue weighted by atomic mass is 10.3. The molecule has 2 aromatic heterocycles. The largest absolute Gasteiger partial charge is 0.399 e. The molecule has 17 heavy (non-hydrogen) atoms. The van der Waals surface area contributed by atoms with Gasteiger partial charge in [-0.05, 0) is 25.1 Å². The highest BCUT2D eigenvalue weighted by Gasteiger charge is 2.05. The predicted octanol–water partition coefficient (Wildman–Crippen LogP) is 2.43. The first kappa shape index (κ1) is 10.3. The van der Waals surface area contributed by atoms with Crippen molar-refractivity contribution in [1.29, 1.82) is 0 Å². The van der Waals surface area contributed by atoms with Crippen molar-refractivity contribution >= 4 is 28.1 Å². The highest BCUT2D eigenvalue weighted by atomic mass is 32.1. The van der Waals surface area contributed by atoms with E-state index in [0.29, 0.717) is 0 Å². The first-order chi connectivity index (χ1) is 8.22. The van der Waals surface area contributed by atoms with Gasteiger partial charge in [-0.1, -0.05) is 0 Å². The Morgan fingerprint density at radius 2 is 2.29 bits per heavy atom. The third-order valence-corrected chi connectivity index (χ3v) is 3.57. The van der Waals surface area contributed by atoms with Gasteiger partial charge in [0.2, 0.25) is 0 Å². The fourth-order valence-corrected chi connectivity index (χ4v) is 2.60. The molecule has 0 aliphatic heterocycles. The Bertz CT molecular complexity index is 668. The molecule has 3 rings (SSSR count). The fraction of sp³-hybridized carbons (Fsp3) is 0.167. The summed E-state index contributed by atoms with van der Waals surface area (Å²) in [6.07, 6.45) is 1.83. The van der Waals surface area contributed by atoms with E-state index in [1.165, 1.54) is 0 Å². The van der Waals surface area contributed by atoms with Crippen molar-refractivity contribution in [3.8, 4) is 0 Å². The summed E-state index contributed by atoms with van der Waals surface area (Å²) < 4.78 is 2.09. The maximum atomic E-state index is 5.73. The van der Waals surface area contributed by atoms with E-state index in [2.05, 4.69) is 19.9 Å². The molecule has 0 aliphatic carbocycles. The Morgan fingerprint density at radius 1 is 1.41 bits per heavy atom. The number of fused-ring (bicyclic) bond motifs is 1. The van der Waals surface area contributed by atoms with Crippen molar-refractivity contribution in [2.75, 3.05) is 5.73 Å². The summed E-state index contributed by atoms with van der Waals surface area (Å²) in [5.74, 6) is 0. The number of aromatic nitrogens is 3. The SMILES string of the molecule is Cc1csc(Cn2cnc3cc(N)ccc32)n1. The van der Waals surface area contributed by atoms with E-state index in [1.807, 2.05) is 31.5 Å². The normalized spacial score (nSPS) is 11.1. The number of nitrogens with zero attached hydrogens (tertiary/aromatic N) is 3. The number of rotatable bonds is 2. The molecule has 3 aromatic rings. The van der Waals surface area contributed by atoms with E-state index in [-0.39, 0.29) is 0 Å². The molecule has 0 saturated heterocycles. The van der Waals surface area contributed by atoms with Crippen molar-refractivity contribution in [3.05, 3.63) is 40.6 Å². The van der Waals surface area contributed by atoms with Gasteiger partial charge >= 0.3 is 0 Å². The molecular formula is C12H12N4S. The average molecular weight is 244 g/mol. The summed E-state index contributed by atoms with van der Waals surface area (Å²) in [6, 6.07) is 5.78. The van der Waals surface area contributed by atoms with Crippen LogP contribution in [0.2, 0.25) is 0 Å². The summed E-state index contributed by atoms with van der Waals surface area (Å²) in [4.78, 5) is 8.80. The average Bonchev–Trinajstić information content (AvgIpc) is 2.86. The van der Waals surface area contributed by atoms with E-state index >= 15 is 0 Å². The minimum Gasteiger partial charge on any atom is -0.399 e. The van der Waals surface area contributed by atoms with Crippen molar-refractivity contribution in [2.24, 2.45) is 0 Å². The molecule has 1 aromatic carbocycles. The van der Waals surface area contributed by atoms with Crippen LogP contribution in [0.3, 0.4) is 0 Å². The highest BCUT2D eigenvalue weighted by Crippen LogP contribution is 2.18. The van der Waals surface area contributed by atoms with Gasteiger partial charge in [-0.2, -0.15) is 0 Å². The van der Waals surface area contributed by atoms with Crippen LogP contribution in [0.1, 0.15) is 10.7 Å². The molecule has 0 atom stereocenters. The van der Waals surface area contributed by atoms with Gasteiger partial charge in [-0.15, -0.1) is 11.3 Å². The minimum absolute atomic E-state index is 0.743. The lowest BCUT2D eigenvalue weighted by molar-refractivity contribution is 0.813. The monoisotopic (exact) mass is 244 g/mol. The maximum Gasteiger partial charge on any atom is 0.113 e. The van der Waals surface area contributed by atoms with Crippen LogP contribution in [-0.4, -0.2) is 14.5 Å². The molecule has 5 heteroatoms. The zero-order chi connectivity index (χ0) is 11.8. The van der Waals surface area contributed by atoms with Crippen molar-refractivity contribution in [2.45, 2.75) is 13.5 Å². The molecule has 4 nitrogen and oxygen atoms in total. The Kier molecular flexibility index (Phi) is 2.33. The molecule has 0 fully saturated rings. The number of thiazole rings is 1. The number of nitrogen functional groups attached to an aromatic ring is 1. The molecule has 0 saturated carbocycles. The topological polar surface area (TPSA) is 56.7 Å². The Balaban J connectivity index is 2.00. The number of hydrogen-bond donors (Lipinski definition) is 1. The Morgan fingerprint density at radius 3 is 3.06 bits per heavy atom. The van der Waals surface area contributed by atoms with Gasteiger partial charge in [-0.25, -0.2) is 9.97 Å². The summed E-state index contributed by atoms with van der Waals surface area (Å²) in [5, 5.41) is 3.16. The quantitative estimate of drug-likeness (QED) is 0.704. The number of benzene rings is 1. The molecule has 2 N–H and O–H groups in total. The van der Waals surface area contributed by atoms with Gasteiger partial charge in [-0.3, -0.25) is 0 Å². The maximum absolute atomic E-state index is 5.73. The molecular weight excluding hydrogens is 232 g/mol. The van der Waals surface area contributed by atoms with Crippen LogP contribution < -0.4 is 5.73 Å². The van der Waals surface area contributed by atoms with Gasteiger partial charge < -0.3 is 10.3 Å². The van der Waals surface area contributed by atoms with Gasteiger partial charge in [0.05, 0.1) is 23.9 Å². The first-order valence-corrected chi connectivity index (χ1v) is 6.22. The summed E-state index contributed by atoms with van der Waals surface area (Å²) >= 11 is 1.68. The smallest absolute Gasteiger partial charge is 0.113 e. The third-order valence-electron chi connectivity index (χ3n) is 2.62. The minimum atomic E-state index is 0.743. The van der Waals surface area contributed by atoms with Crippen LogP contribution in [-0.2, 0) is 6.54 Å². The zero-order valence-electron chi connectivity index (χ0n) is 9.42. The zero-order valence-corrected chi connectivity index (χ0v) is 10.2. The Labute approximate surface area is 103 Å². The van der Waals surface area contributed by atoms with Crippen LogP contribution in [0.5, 0.6) is 0 Å². The molecule has 0 radical (unpaired) electrons. The molecule has 0 bridgehead atoms. The van der Waals surface area contributed by atoms with Gasteiger partial charge in [0, 0.05) is 16.8 Å². The summed E-state index contributed by atoms with van der Waals surface area (Å²) in [6.45, 7) is 2.77. The van der Waals surface area contributed by atoms with Gasteiger partial charge in [0.1, 0.15) is 5.01 Å². The van der Waals surface area contributed by atoms with Crippen LogP contribution >= 0.6 is 11.3 Å². The standard InChI is InChI=1S/C12H12N4S/c1-8-6-17-12(15-8)5-16-7-14-10-4-9(13)2-3-11(10)16/h2-4,6-7H,5,13H2,1H3. The van der Waals surface area contributed by atoms with Gasteiger partial charge in [0.15, 0.2) is 0 Å². The van der Waals surface area contributed by atoms with Crippen LogP contribution in [0.25, 0.3) is 11.0 Å². The lowest BCUT2D eigenvalue weighted by Crippen LogP contribution is -1.97. The number of aryl methyl sites for hydroxylation is 1. The van der Waals surface area contributed by atoms with Crippen LogP contribution in [0.15, 0.2) is 29.9 Å². The van der Waals surface area contributed by atoms with Crippen molar-refractivity contribution in [3.63, 3.8) is 0 Å². The van der Waals surface area contributed by atoms with E-state index in [0.717, 1.165) is 34.0 Å². The second-order valence-electron chi connectivity index (χ2n) is 4.00. The molecule has 86 valence electrons. The number of anilines is 1. The van der Waals surface area contributed by atoms with E-state index in [1.54, 1.807) is 11.3 Å². The van der Waals surface area contributed by atoms with E-state index in [9.17, 15) is 0 Å². The van der Waals surface area contributed by atoms with Crippen molar-refractivity contribution in [1.82, 2.24) is 14.5 Å². The summed E-state index contributed by atoms with van der Waals surface area (Å²) in [5.41, 5.74) is 9.56. The summed E-state index contributed by atoms with van der Waals surface area (Å²) in [7, 11) is 0. The molecule has 0 aliphatic rings. The molecule has 0 spiro atoms. The molecule has 0 amide bonds. The predicted molar refractivity (Wildman–Crippen MR) is 70.1 cm³/mol. The number of imidazole rings is 1. The first-order valence-electron chi connectivity index (χ1n) is 5.34. The lowest BCUT2D eigenvalue weighted by Gasteiger charge is -2.01. The second-order valence-corrected chi connectivity index (χ2v) is 4.95. The number of hydrogen-bond acceptors (Lipinski definition) is 4. The molecule has 0 unspecified atom stereocenters. The van der Waals surface area contributed by atoms with E-state index in [4.69, 9.17) is 5.73 Å². The Hall–Kier alpha value is -1.88. The third kappa shape index (κ3) is 1.89.